The van der Waals surface area contributed by atoms with Crippen LogP contribution in [0, 0.1) is 5.92 Å². The number of rotatable bonds is 5. The molecule has 7 heteroatoms. The molecule has 1 aromatic rings. The maximum atomic E-state index is 12.7. The molecule has 21 heavy (non-hydrogen) atoms. The predicted molar refractivity (Wildman–Crippen MR) is 85.4 cm³/mol. The summed E-state index contributed by atoms with van der Waals surface area (Å²) >= 11 is 3.35. The number of methoxy groups -OCH3 is 1. The van der Waals surface area contributed by atoms with Crippen molar-refractivity contribution in [3.8, 4) is 0 Å². The Morgan fingerprint density at radius 1 is 1.38 bits per heavy atom. The average molecular weight is 377 g/mol. The largest absolute Gasteiger partial charge is 0.384 e. The number of nitrogens with zero attached hydrogens (tertiary/aromatic N) is 1. The lowest BCUT2D eigenvalue weighted by Crippen LogP contribution is -2.39. The smallest absolute Gasteiger partial charge is 0.244 e. The highest BCUT2D eigenvalue weighted by Gasteiger charge is 2.30. The third-order valence-corrected chi connectivity index (χ3v) is 6.70. The Bertz CT molecular complexity index is 584. The van der Waals surface area contributed by atoms with Crippen LogP contribution in [-0.4, -0.2) is 39.5 Å². The summed E-state index contributed by atoms with van der Waals surface area (Å²) < 4.78 is 32.7. The molecule has 0 radical (unpaired) electrons. The first kappa shape index (κ1) is 16.9. The standard InChI is InChI=1S/C14H21BrN2O3S/c1-20-10-11-4-6-17(7-5-11)21(18,19)14-3-2-12(9-16)8-13(14)15/h2-3,8,11H,4-7,9-10,16H2,1H3. The minimum atomic E-state index is -3.45. The summed E-state index contributed by atoms with van der Waals surface area (Å²) in [6.45, 7) is 2.17. The van der Waals surface area contributed by atoms with Crippen LogP contribution in [0.25, 0.3) is 0 Å². The summed E-state index contributed by atoms with van der Waals surface area (Å²) in [5.41, 5.74) is 6.47. The number of halogens is 1. The van der Waals surface area contributed by atoms with E-state index < -0.39 is 10.0 Å². The van der Waals surface area contributed by atoms with Gasteiger partial charge in [-0.15, -0.1) is 0 Å². The summed E-state index contributed by atoms with van der Waals surface area (Å²) in [6, 6.07) is 5.16. The van der Waals surface area contributed by atoms with Crippen molar-refractivity contribution < 1.29 is 13.2 Å². The summed E-state index contributed by atoms with van der Waals surface area (Å²) in [5, 5.41) is 0. The van der Waals surface area contributed by atoms with E-state index in [1.165, 1.54) is 0 Å². The molecule has 0 saturated carbocycles. The van der Waals surface area contributed by atoms with Gasteiger partial charge >= 0.3 is 0 Å². The number of hydrogen-bond donors (Lipinski definition) is 1. The Morgan fingerprint density at radius 3 is 2.57 bits per heavy atom. The second kappa shape index (κ2) is 7.19. The molecule has 1 aliphatic rings. The lowest BCUT2D eigenvalue weighted by molar-refractivity contribution is 0.121. The number of nitrogens with two attached hydrogens (primary N) is 1. The van der Waals surface area contributed by atoms with Crippen molar-refractivity contribution in [2.24, 2.45) is 11.7 Å². The fourth-order valence-corrected chi connectivity index (χ4v) is 5.13. The van der Waals surface area contributed by atoms with Crippen molar-refractivity contribution in [1.82, 2.24) is 4.31 Å². The molecule has 0 aromatic heterocycles. The van der Waals surface area contributed by atoms with Gasteiger partial charge in [0.25, 0.3) is 0 Å². The average Bonchev–Trinajstić information content (AvgIpc) is 2.47. The first-order valence-corrected chi connectivity index (χ1v) is 9.20. The van der Waals surface area contributed by atoms with Crippen LogP contribution < -0.4 is 5.73 Å². The number of hydrogen-bond acceptors (Lipinski definition) is 4. The molecule has 2 N–H and O–H groups in total. The molecule has 1 heterocycles. The SMILES string of the molecule is COCC1CCN(S(=O)(=O)c2ccc(CN)cc2Br)CC1. The summed E-state index contributed by atoms with van der Waals surface area (Å²) in [6.07, 6.45) is 1.68. The van der Waals surface area contributed by atoms with Gasteiger partial charge < -0.3 is 10.5 Å². The van der Waals surface area contributed by atoms with Crippen LogP contribution in [0.3, 0.4) is 0 Å². The molecule has 0 bridgehead atoms. The van der Waals surface area contributed by atoms with Gasteiger partial charge in [-0.2, -0.15) is 4.31 Å². The van der Waals surface area contributed by atoms with Gasteiger partial charge in [-0.05, 0) is 52.4 Å². The lowest BCUT2D eigenvalue weighted by Gasteiger charge is -2.31. The Kier molecular flexibility index (Phi) is 5.79. The minimum Gasteiger partial charge on any atom is -0.384 e. The molecule has 0 spiro atoms. The molecule has 5 nitrogen and oxygen atoms in total. The van der Waals surface area contributed by atoms with E-state index in [0.717, 1.165) is 18.4 Å². The summed E-state index contributed by atoms with van der Waals surface area (Å²) in [4.78, 5) is 0.310. The van der Waals surface area contributed by atoms with E-state index in [1.54, 1.807) is 29.6 Å². The Morgan fingerprint density at radius 2 is 2.05 bits per heavy atom. The van der Waals surface area contributed by atoms with Crippen molar-refractivity contribution in [1.29, 1.82) is 0 Å². The quantitative estimate of drug-likeness (QED) is 0.852. The van der Waals surface area contributed by atoms with Gasteiger partial charge in [0.2, 0.25) is 10.0 Å². The molecule has 0 unspecified atom stereocenters. The van der Waals surface area contributed by atoms with E-state index in [9.17, 15) is 8.42 Å². The fraction of sp³-hybridized carbons (Fsp3) is 0.571. The van der Waals surface area contributed by atoms with Gasteiger partial charge in [-0.25, -0.2) is 8.42 Å². The van der Waals surface area contributed by atoms with Crippen molar-refractivity contribution in [3.63, 3.8) is 0 Å². The number of sulfonamides is 1. The van der Waals surface area contributed by atoms with Crippen LogP contribution in [0.1, 0.15) is 18.4 Å². The Balaban J connectivity index is 2.16. The van der Waals surface area contributed by atoms with Gasteiger partial charge in [-0.1, -0.05) is 6.07 Å². The zero-order valence-electron chi connectivity index (χ0n) is 12.1. The first-order chi connectivity index (χ1) is 9.98. The normalized spacial score (nSPS) is 18.0. The van der Waals surface area contributed by atoms with Gasteiger partial charge in [0.15, 0.2) is 0 Å². The molecule has 0 aliphatic carbocycles. The third kappa shape index (κ3) is 3.84. The Labute approximate surface area is 134 Å². The highest BCUT2D eigenvalue weighted by Crippen LogP contribution is 2.29. The molecule has 1 saturated heterocycles. The summed E-state index contributed by atoms with van der Waals surface area (Å²) in [5.74, 6) is 0.449. The van der Waals surface area contributed by atoms with Crippen molar-refractivity contribution in [2.75, 3.05) is 26.8 Å². The molecule has 1 fully saturated rings. The first-order valence-electron chi connectivity index (χ1n) is 6.96. The topological polar surface area (TPSA) is 72.6 Å². The van der Waals surface area contributed by atoms with Crippen LogP contribution in [-0.2, 0) is 21.3 Å². The van der Waals surface area contributed by atoms with Crippen LogP contribution in [0.15, 0.2) is 27.6 Å². The molecular weight excluding hydrogens is 356 g/mol. The minimum absolute atomic E-state index is 0.310. The van der Waals surface area contributed by atoms with E-state index in [2.05, 4.69) is 15.9 Å². The van der Waals surface area contributed by atoms with Gasteiger partial charge in [0.1, 0.15) is 0 Å². The second-order valence-corrected chi connectivity index (χ2v) is 8.03. The highest BCUT2D eigenvalue weighted by atomic mass is 79.9. The molecular formula is C14H21BrN2O3S. The van der Waals surface area contributed by atoms with Crippen LogP contribution in [0.2, 0.25) is 0 Å². The lowest BCUT2D eigenvalue weighted by atomic mass is 9.99. The van der Waals surface area contributed by atoms with Gasteiger partial charge in [0, 0.05) is 37.8 Å². The monoisotopic (exact) mass is 376 g/mol. The zero-order valence-corrected chi connectivity index (χ0v) is 14.5. The van der Waals surface area contributed by atoms with Gasteiger partial charge in [-0.3, -0.25) is 0 Å². The number of benzene rings is 1. The van der Waals surface area contributed by atoms with E-state index >= 15 is 0 Å². The van der Waals surface area contributed by atoms with Crippen LogP contribution in [0.5, 0.6) is 0 Å². The third-order valence-electron chi connectivity index (χ3n) is 3.83. The van der Waals surface area contributed by atoms with Crippen molar-refractivity contribution >= 4 is 26.0 Å². The maximum Gasteiger partial charge on any atom is 0.244 e. The van der Waals surface area contributed by atoms with Crippen molar-refractivity contribution in [2.45, 2.75) is 24.3 Å². The molecule has 118 valence electrons. The van der Waals surface area contributed by atoms with E-state index in [-0.39, 0.29) is 0 Å². The van der Waals surface area contributed by atoms with Crippen LogP contribution in [0.4, 0.5) is 0 Å². The fourth-order valence-electron chi connectivity index (χ4n) is 2.57. The van der Waals surface area contributed by atoms with Crippen molar-refractivity contribution in [3.05, 3.63) is 28.2 Å². The van der Waals surface area contributed by atoms with Gasteiger partial charge in [0.05, 0.1) is 4.90 Å². The summed E-state index contributed by atoms with van der Waals surface area (Å²) in [7, 11) is -1.77. The maximum absolute atomic E-state index is 12.7. The van der Waals surface area contributed by atoms with E-state index in [1.807, 2.05) is 0 Å². The number of ether oxygens (including phenoxy) is 1. The Hall–Kier alpha value is -0.470. The zero-order chi connectivity index (χ0) is 15.5. The molecule has 1 aliphatic heterocycles. The number of piperidine rings is 1. The van der Waals surface area contributed by atoms with E-state index in [4.69, 9.17) is 10.5 Å². The second-order valence-electron chi connectivity index (χ2n) is 5.27. The van der Waals surface area contributed by atoms with Crippen LogP contribution >= 0.6 is 15.9 Å². The molecule has 2 rings (SSSR count). The molecule has 0 amide bonds. The molecule has 0 atom stereocenters. The highest BCUT2D eigenvalue weighted by molar-refractivity contribution is 9.10. The molecule has 1 aromatic carbocycles. The predicted octanol–water partition coefficient (Wildman–Crippen LogP) is 1.95. The van der Waals surface area contributed by atoms with E-state index in [0.29, 0.717) is 41.5 Å².